The minimum atomic E-state index is -0.480. The van der Waals surface area contributed by atoms with Gasteiger partial charge in [-0.3, -0.25) is 19.3 Å². The van der Waals surface area contributed by atoms with Gasteiger partial charge in [0.25, 0.3) is 11.1 Å². The zero-order chi connectivity index (χ0) is 22.7. The van der Waals surface area contributed by atoms with Crippen LogP contribution in [0.3, 0.4) is 0 Å². The van der Waals surface area contributed by atoms with E-state index in [1.807, 2.05) is 12.1 Å². The van der Waals surface area contributed by atoms with Crippen LogP contribution in [0.1, 0.15) is 18.4 Å². The van der Waals surface area contributed by atoms with Crippen molar-refractivity contribution in [1.29, 1.82) is 0 Å². The average Bonchev–Trinajstić information content (AvgIpc) is 3.44. The Balaban J connectivity index is 1.56. The maximum atomic E-state index is 12.9. The molecule has 0 aliphatic carbocycles. The number of carbonyl (C=O) groups is 3. The summed E-state index contributed by atoms with van der Waals surface area (Å²) in [6, 6.07) is 3.72. The quantitative estimate of drug-likeness (QED) is 0.596. The Kier molecular flexibility index (Phi) is 6.90. The molecule has 1 aromatic rings. The number of hydrogen-bond donors (Lipinski definition) is 0. The molecular weight excluding hydrogens is 434 g/mol. The van der Waals surface area contributed by atoms with Crippen LogP contribution in [0.25, 0.3) is 6.08 Å². The highest BCUT2D eigenvalue weighted by Crippen LogP contribution is 2.40. The minimum absolute atomic E-state index is 0.249. The first kappa shape index (κ1) is 22.5. The Bertz CT molecular complexity index is 938. The summed E-state index contributed by atoms with van der Waals surface area (Å²) in [5, 5.41) is -0.456. The number of nitrogens with zero attached hydrogens (tertiary/aromatic N) is 3. The van der Waals surface area contributed by atoms with Gasteiger partial charge < -0.3 is 24.0 Å². The summed E-state index contributed by atoms with van der Waals surface area (Å²) in [5.41, 5.74) is 1.58. The molecule has 0 unspecified atom stereocenters. The standard InChI is InChI=1S/C22H27N3O6S/c1-29-17-13-16(23-5-3-4-6-23)18(30-2)11-15(17)12-19-21(27)25(22(28)32-19)14-20(26)24-7-9-31-10-8-24/h11-13H,3-10,14H2,1-2H3/b19-12+. The van der Waals surface area contributed by atoms with E-state index in [1.54, 1.807) is 25.2 Å². The second-order valence-corrected chi connectivity index (χ2v) is 8.71. The molecule has 0 spiro atoms. The molecule has 3 aliphatic heterocycles. The number of ether oxygens (including phenoxy) is 3. The summed E-state index contributed by atoms with van der Waals surface area (Å²) >= 11 is 0.824. The zero-order valence-electron chi connectivity index (χ0n) is 18.3. The molecule has 3 amide bonds. The molecule has 0 saturated carbocycles. The van der Waals surface area contributed by atoms with Gasteiger partial charge in [-0.1, -0.05) is 0 Å². The van der Waals surface area contributed by atoms with Crippen molar-refractivity contribution in [3.8, 4) is 11.5 Å². The number of thioether (sulfide) groups is 1. The van der Waals surface area contributed by atoms with E-state index in [0.717, 1.165) is 48.3 Å². The zero-order valence-corrected chi connectivity index (χ0v) is 19.1. The Morgan fingerprint density at radius 1 is 1.06 bits per heavy atom. The fourth-order valence-electron chi connectivity index (χ4n) is 4.05. The first-order chi connectivity index (χ1) is 15.5. The van der Waals surface area contributed by atoms with E-state index in [9.17, 15) is 14.4 Å². The lowest BCUT2D eigenvalue weighted by Crippen LogP contribution is -2.46. The molecule has 3 saturated heterocycles. The van der Waals surface area contributed by atoms with Crippen molar-refractivity contribution in [2.45, 2.75) is 12.8 Å². The van der Waals surface area contributed by atoms with E-state index < -0.39 is 11.1 Å². The van der Waals surface area contributed by atoms with Gasteiger partial charge in [-0.05, 0) is 36.7 Å². The van der Waals surface area contributed by atoms with E-state index >= 15 is 0 Å². The topological polar surface area (TPSA) is 88.6 Å². The Morgan fingerprint density at radius 2 is 1.75 bits per heavy atom. The van der Waals surface area contributed by atoms with Crippen molar-refractivity contribution >= 4 is 40.6 Å². The fourth-order valence-corrected chi connectivity index (χ4v) is 4.88. The third kappa shape index (κ3) is 4.56. The summed E-state index contributed by atoms with van der Waals surface area (Å²) in [6.07, 6.45) is 3.88. The highest BCUT2D eigenvalue weighted by molar-refractivity contribution is 8.18. The molecule has 172 valence electrons. The molecule has 3 fully saturated rings. The van der Waals surface area contributed by atoms with Gasteiger partial charge in [0.2, 0.25) is 5.91 Å². The van der Waals surface area contributed by atoms with Crippen LogP contribution < -0.4 is 14.4 Å². The number of imide groups is 1. The summed E-state index contributed by atoms with van der Waals surface area (Å²) in [6.45, 7) is 3.49. The van der Waals surface area contributed by atoms with E-state index in [0.29, 0.717) is 43.4 Å². The van der Waals surface area contributed by atoms with Crippen LogP contribution in [0.5, 0.6) is 11.5 Å². The van der Waals surface area contributed by atoms with Gasteiger partial charge >= 0.3 is 0 Å². The number of methoxy groups -OCH3 is 2. The van der Waals surface area contributed by atoms with E-state index in [2.05, 4.69) is 4.90 Å². The highest BCUT2D eigenvalue weighted by atomic mass is 32.2. The van der Waals surface area contributed by atoms with Crippen LogP contribution >= 0.6 is 11.8 Å². The summed E-state index contributed by atoms with van der Waals surface area (Å²) in [4.78, 5) is 43.0. The maximum absolute atomic E-state index is 12.9. The Hall–Kier alpha value is -2.72. The molecule has 3 heterocycles. The minimum Gasteiger partial charge on any atom is -0.496 e. The second-order valence-electron chi connectivity index (χ2n) is 7.72. The predicted octanol–water partition coefficient (Wildman–Crippen LogP) is 2.20. The fraction of sp³-hybridized carbons (Fsp3) is 0.500. The van der Waals surface area contributed by atoms with Crippen molar-refractivity contribution in [2.24, 2.45) is 0 Å². The van der Waals surface area contributed by atoms with Crippen LogP contribution in [0.2, 0.25) is 0 Å². The van der Waals surface area contributed by atoms with Crippen molar-refractivity contribution in [3.05, 3.63) is 22.6 Å². The van der Waals surface area contributed by atoms with Crippen molar-refractivity contribution in [3.63, 3.8) is 0 Å². The number of amides is 3. The lowest BCUT2D eigenvalue weighted by Gasteiger charge is -2.28. The smallest absolute Gasteiger partial charge is 0.294 e. The normalized spacial score (nSPS) is 20.4. The summed E-state index contributed by atoms with van der Waals surface area (Å²) < 4.78 is 16.4. The molecule has 0 bridgehead atoms. The monoisotopic (exact) mass is 461 g/mol. The summed E-state index contributed by atoms with van der Waals surface area (Å²) in [7, 11) is 3.18. The third-order valence-electron chi connectivity index (χ3n) is 5.80. The molecule has 10 heteroatoms. The first-order valence-corrected chi connectivity index (χ1v) is 11.5. The van der Waals surface area contributed by atoms with Crippen LogP contribution in [0.15, 0.2) is 17.0 Å². The predicted molar refractivity (Wildman–Crippen MR) is 121 cm³/mol. The van der Waals surface area contributed by atoms with Crippen LogP contribution in [0.4, 0.5) is 10.5 Å². The second kappa shape index (κ2) is 9.83. The van der Waals surface area contributed by atoms with Gasteiger partial charge in [-0.25, -0.2) is 0 Å². The number of anilines is 1. The molecule has 32 heavy (non-hydrogen) atoms. The molecule has 9 nitrogen and oxygen atoms in total. The molecule has 0 atom stereocenters. The summed E-state index contributed by atoms with van der Waals surface area (Å²) in [5.74, 6) is 0.530. The van der Waals surface area contributed by atoms with E-state index in [4.69, 9.17) is 14.2 Å². The molecular formula is C22H27N3O6S. The van der Waals surface area contributed by atoms with Gasteiger partial charge in [0.15, 0.2) is 0 Å². The first-order valence-electron chi connectivity index (χ1n) is 10.6. The molecule has 0 N–H and O–H groups in total. The lowest BCUT2D eigenvalue weighted by molar-refractivity contribution is -0.139. The SMILES string of the molecule is COc1cc(N2CCCC2)c(OC)cc1/C=C1/SC(=O)N(CC(=O)N2CCOCC2)C1=O. The number of hydrogen-bond acceptors (Lipinski definition) is 8. The van der Waals surface area contributed by atoms with Gasteiger partial charge in [0, 0.05) is 37.8 Å². The molecule has 3 aliphatic rings. The average molecular weight is 462 g/mol. The molecule has 4 rings (SSSR count). The van der Waals surface area contributed by atoms with Crippen molar-refractivity contribution < 1.29 is 28.6 Å². The highest BCUT2D eigenvalue weighted by Gasteiger charge is 2.37. The van der Waals surface area contributed by atoms with E-state index in [1.165, 1.54) is 0 Å². The van der Waals surface area contributed by atoms with Crippen LogP contribution in [-0.2, 0) is 14.3 Å². The number of benzene rings is 1. The van der Waals surface area contributed by atoms with Gasteiger partial charge in [-0.2, -0.15) is 0 Å². The van der Waals surface area contributed by atoms with Gasteiger partial charge in [0.05, 0.1) is 38.0 Å². The Labute approximate surface area is 191 Å². The largest absolute Gasteiger partial charge is 0.496 e. The number of carbonyl (C=O) groups excluding carboxylic acids is 3. The molecule has 0 aromatic heterocycles. The van der Waals surface area contributed by atoms with Gasteiger partial charge in [-0.15, -0.1) is 0 Å². The van der Waals surface area contributed by atoms with E-state index in [-0.39, 0.29) is 17.4 Å². The lowest BCUT2D eigenvalue weighted by atomic mass is 10.1. The van der Waals surface area contributed by atoms with Crippen molar-refractivity contribution in [2.75, 3.05) is 65.1 Å². The van der Waals surface area contributed by atoms with Crippen molar-refractivity contribution in [1.82, 2.24) is 9.80 Å². The Morgan fingerprint density at radius 3 is 2.41 bits per heavy atom. The third-order valence-corrected chi connectivity index (χ3v) is 6.70. The molecule has 1 aromatic carbocycles. The number of rotatable bonds is 6. The maximum Gasteiger partial charge on any atom is 0.294 e. The molecule has 0 radical (unpaired) electrons. The van der Waals surface area contributed by atoms with Crippen LogP contribution in [-0.4, -0.2) is 87.0 Å². The van der Waals surface area contributed by atoms with Crippen LogP contribution in [0, 0.1) is 0 Å². The van der Waals surface area contributed by atoms with Gasteiger partial charge in [0.1, 0.15) is 18.0 Å². The number of morpholine rings is 1.